The van der Waals surface area contributed by atoms with Crippen molar-refractivity contribution >= 4 is 5.69 Å². The molecule has 4 heteroatoms. The van der Waals surface area contributed by atoms with E-state index in [2.05, 4.69) is 26.1 Å². The maximum absolute atomic E-state index is 10.9. The zero-order valence-corrected chi connectivity index (χ0v) is 12.8. The standard InChI is InChI=1S/C16H26N2O2/c1-13(2)7-6-8-14(3)17-12-11-15-9-4-5-10-16(15)18(19)20/h4-5,9-10,13-14,17H,6-8,11-12H2,1-3H3. The van der Waals surface area contributed by atoms with Gasteiger partial charge >= 0.3 is 0 Å². The van der Waals surface area contributed by atoms with E-state index in [1.807, 2.05) is 12.1 Å². The van der Waals surface area contributed by atoms with Crippen molar-refractivity contribution in [3.63, 3.8) is 0 Å². The van der Waals surface area contributed by atoms with E-state index >= 15 is 0 Å². The molecule has 0 spiro atoms. The van der Waals surface area contributed by atoms with Crippen LogP contribution in [0.4, 0.5) is 5.69 Å². The van der Waals surface area contributed by atoms with Gasteiger partial charge in [0.05, 0.1) is 4.92 Å². The highest BCUT2D eigenvalue weighted by Crippen LogP contribution is 2.17. The number of benzene rings is 1. The van der Waals surface area contributed by atoms with Crippen LogP contribution in [0.15, 0.2) is 24.3 Å². The summed E-state index contributed by atoms with van der Waals surface area (Å²) in [5.41, 5.74) is 1.03. The Morgan fingerprint density at radius 3 is 2.55 bits per heavy atom. The fourth-order valence-electron chi connectivity index (χ4n) is 2.29. The molecule has 0 radical (unpaired) electrons. The predicted octanol–water partition coefficient (Wildman–Crippen LogP) is 3.94. The molecule has 1 rings (SSSR count). The van der Waals surface area contributed by atoms with E-state index in [0.29, 0.717) is 12.5 Å². The van der Waals surface area contributed by atoms with Gasteiger partial charge in [-0.2, -0.15) is 0 Å². The van der Waals surface area contributed by atoms with E-state index in [4.69, 9.17) is 0 Å². The predicted molar refractivity (Wildman–Crippen MR) is 83.0 cm³/mol. The van der Waals surface area contributed by atoms with Crippen molar-refractivity contribution in [2.75, 3.05) is 6.54 Å². The average molecular weight is 278 g/mol. The monoisotopic (exact) mass is 278 g/mol. The third-order valence-corrected chi connectivity index (χ3v) is 3.49. The molecule has 0 aliphatic heterocycles. The van der Waals surface area contributed by atoms with Crippen molar-refractivity contribution in [1.82, 2.24) is 5.32 Å². The molecule has 0 saturated heterocycles. The van der Waals surface area contributed by atoms with E-state index < -0.39 is 0 Å². The van der Waals surface area contributed by atoms with Crippen molar-refractivity contribution in [3.05, 3.63) is 39.9 Å². The van der Waals surface area contributed by atoms with Gasteiger partial charge in [-0.1, -0.05) is 44.9 Å². The number of nitro benzene ring substituents is 1. The number of nitrogens with one attached hydrogen (secondary N) is 1. The van der Waals surface area contributed by atoms with Crippen LogP contribution in [0, 0.1) is 16.0 Å². The van der Waals surface area contributed by atoms with E-state index in [-0.39, 0.29) is 10.6 Å². The molecular formula is C16H26N2O2. The van der Waals surface area contributed by atoms with Gasteiger partial charge in [-0.05, 0) is 32.2 Å². The van der Waals surface area contributed by atoms with Gasteiger partial charge in [0, 0.05) is 17.7 Å². The molecule has 1 aromatic rings. The highest BCUT2D eigenvalue weighted by Gasteiger charge is 2.11. The topological polar surface area (TPSA) is 55.2 Å². The fraction of sp³-hybridized carbons (Fsp3) is 0.625. The Morgan fingerprint density at radius 1 is 1.20 bits per heavy atom. The molecule has 1 unspecified atom stereocenters. The number of rotatable bonds is 9. The van der Waals surface area contributed by atoms with Gasteiger partial charge in [0.2, 0.25) is 0 Å². The summed E-state index contributed by atoms with van der Waals surface area (Å²) in [6, 6.07) is 7.44. The Labute approximate surface area is 121 Å². The lowest BCUT2D eigenvalue weighted by Gasteiger charge is -2.14. The van der Waals surface area contributed by atoms with Gasteiger partial charge in [0.1, 0.15) is 0 Å². The average Bonchev–Trinajstić information content (AvgIpc) is 2.38. The van der Waals surface area contributed by atoms with Crippen molar-refractivity contribution in [1.29, 1.82) is 0 Å². The van der Waals surface area contributed by atoms with Crippen LogP contribution in [-0.2, 0) is 6.42 Å². The number of hydrogen-bond donors (Lipinski definition) is 1. The van der Waals surface area contributed by atoms with Crippen molar-refractivity contribution in [2.45, 2.75) is 52.5 Å². The highest BCUT2D eigenvalue weighted by molar-refractivity contribution is 5.39. The van der Waals surface area contributed by atoms with Gasteiger partial charge in [-0.25, -0.2) is 0 Å². The lowest BCUT2D eigenvalue weighted by atomic mass is 10.0. The third kappa shape index (κ3) is 6.15. The van der Waals surface area contributed by atoms with Gasteiger partial charge in [0.25, 0.3) is 5.69 Å². The van der Waals surface area contributed by atoms with Crippen molar-refractivity contribution in [3.8, 4) is 0 Å². The van der Waals surface area contributed by atoms with E-state index in [0.717, 1.165) is 24.4 Å². The minimum Gasteiger partial charge on any atom is -0.314 e. The van der Waals surface area contributed by atoms with E-state index in [1.54, 1.807) is 12.1 Å². The second-order valence-electron chi connectivity index (χ2n) is 5.82. The molecule has 1 N–H and O–H groups in total. The first-order valence-corrected chi connectivity index (χ1v) is 7.46. The lowest BCUT2D eigenvalue weighted by molar-refractivity contribution is -0.385. The SMILES string of the molecule is CC(C)CCCC(C)NCCc1ccccc1[N+](=O)[O-]. The van der Waals surface area contributed by atoms with Crippen LogP contribution < -0.4 is 5.32 Å². The van der Waals surface area contributed by atoms with Crippen LogP contribution in [0.1, 0.15) is 45.6 Å². The van der Waals surface area contributed by atoms with Crippen molar-refractivity contribution < 1.29 is 4.92 Å². The summed E-state index contributed by atoms with van der Waals surface area (Å²) in [5, 5.41) is 14.4. The summed E-state index contributed by atoms with van der Waals surface area (Å²) >= 11 is 0. The summed E-state index contributed by atoms with van der Waals surface area (Å²) in [6.45, 7) is 7.45. The molecule has 0 heterocycles. The molecule has 0 aromatic heterocycles. The quantitative estimate of drug-likeness (QED) is 0.550. The molecule has 20 heavy (non-hydrogen) atoms. The summed E-state index contributed by atoms with van der Waals surface area (Å²) in [5.74, 6) is 0.758. The maximum Gasteiger partial charge on any atom is 0.272 e. The molecule has 0 aliphatic rings. The van der Waals surface area contributed by atoms with Crippen LogP contribution in [0.5, 0.6) is 0 Å². The zero-order chi connectivity index (χ0) is 15.0. The number of para-hydroxylation sites is 1. The molecule has 0 amide bonds. The third-order valence-electron chi connectivity index (χ3n) is 3.49. The van der Waals surface area contributed by atoms with Crippen LogP contribution in [0.2, 0.25) is 0 Å². The van der Waals surface area contributed by atoms with Crippen molar-refractivity contribution in [2.24, 2.45) is 5.92 Å². The van der Waals surface area contributed by atoms with E-state index in [1.165, 1.54) is 12.8 Å². The summed E-state index contributed by atoms with van der Waals surface area (Å²) in [4.78, 5) is 10.6. The van der Waals surface area contributed by atoms with Gasteiger partial charge < -0.3 is 5.32 Å². The summed E-state index contributed by atoms with van der Waals surface area (Å²) in [7, 11) is 0. The molecule has 0 fully saturated rings. The largest absolute Gasteiger partial charge is 0.314 e. The Bertz CT molecular complexity index is 419. The molecule has 112 valence electrons. The Hall–Kier alpha value is -1.42. The maximum atomic E-state index is 10.9. The first-order chi connectivity index (χ1) is 9.50. The molecule has 0 saturated carbocycles. The summed E-state index contributed by atoms with van der Waals surface area (Å²) < 4.78 is 0. The lowest BCUT2D eigenvalue weighted by Crippen LogP contribution is -2.28. The number of hydrogen-bond acceptors (Lipinski definition) is 3. The van der Waals surface area contributed by atoms with Gasteiger partial charge in [-0.15, -0.1) is 0 Å². The first-order valence-electron chi connectivity index (χ1n) is 7.46. The Morgan fingerprint density at radius 2 is 1.90 bits per heavy atom. The number of nitrogens with zero attached hydrogens (tertiary/aromatic N) is 1. The fourth-order valence-corrected chi connectivity index (χ4v) is 2.29. The highest BCUT2D eigenvalue weighted by atomic mass is 16.6. The molecule has 0 bridgehead atoms. The zero-order valence-electron chi connectivity index (χ0n) is 12.8. The second-order valence-corrected chi connectivity index (χ2v) is 5.82. The molecule has 1 aromatic carbocycles. The van der Waals surface area contributed by atoms with Gasteiger partial charge in [-0.3, -0.25) is 10.1 Å². The molecule has 0 aliphatic carbocycles. The van der Waals surface area contributed by atoms with Crippen LogP contribution >= 0.6 is 0 Å². The van der Waals surface area contributed by atoms with Gasteiger partial charge in [0.15, 0.2) is 0 Å². The molecular weight excluding hydrogens is 252 g/mol. The number of nitro groups is 1. The normalized spacial score (nSPS) is 12.6. The molecule has 4 nitrogen and oxygen atoms in total. The summed E-state index contributed by atoms with van der Waals surface area (Å²) in [6.07, 6.45) is 4.36. The minimum absolute atomic E-state index is 0.224. The minimum atomic E-state index is -0.304. The van der Waals surface area contributed by atoms with Crippen LogP contribution in [0.25, 0.3) is 0 Å². The first kappa shape index (κ1) is 16.6. The van der Waals surface area contributed by atoms with Crippen LogP contribution in [0.3, 0.4) is 0 Å². The smallest absolute Gasteiger partial charge is 0.272 e. The van der Waals surface area contributed by atoms with E-state index in [9.17, 15) is 10.1 Å². The Kier molecular flexibility index (Phi) is 7.23. The second kappa shape index (κ2) is 8.69. The Balaban J connectivity index is 2.32. The van der Waals surface area contributed by atoms with Crippen LogP contribution in [-0.4, -0.2) is 17.5 Å². The molecule has 1 atom stereocenters.